The first-order valence-corrected chi connectivity index (χ1v) is 4.57. The van der Waals surface area contributed by atoms with Crippen LogP contribution in [0.2, 0.25) is 0 Å². The van der Waals surface area contributed by atoms with Gasteiger partial charge >= 0.3 is 32.7 Å². The van der Waals surface area contributed by atoms with Crippen LogP contribution in [0.25, 0.3) is 11.1 Å². The Labute approximate surface area is 174 Å². The molecule has 2 radical (unpaired) electrons. The number of nitrogens with zero attached hydrogens (tertiary/aromatic N) is 1. The number of carbonyl (C=O) groups is 1. The Kier molecular flexibility index (Phi) is 18.1. The fourth-order valence-electron chi connectivity index (χ4n) is 1.47. The van der Waals surface area contributed by atoms with Crippen LogP contribution < -0.4 is 0 Å². The molecular formula is C10H15N2OY3. The molecule has 0 spiro atoms. The molecule has 3 nitrogen and oxygen atoms in total. The van der Waals surface area contributed by atoms with Gasteiger partial charge in [0.05, 0.1) is 0 Å². The van der Waals surface area contributed by atoms with Gasteiger partial charge in [-0.3, -0.25) is 4.79 Å². The van der Waals surface area contributed by atoms with Crippen LogP contribution >= 0.6 is 0 Å². The predicted molar refractivity (Wildman–Crippen MR) is 52.9 cm³/mol. The van der Waals surface area contributed by atoms with Crippen molar-refractivity contribution in [2.24, 2.45) is 5.92 Å². The molecule has 0 heterocycles. The van der Waals surface area contributed by atoms with Crippen molar-refractivity contribution in [3.05, 3.63) is 29.9 Å². The van der Waals surface area contributed by atoms with Gasteiger partial charge in [-0.15, -0.1) is 11.7 Å². The Morgan fingerprint density at radius 1 is 1.44 bits per heavy atom. The molecule has 0 amide bonds. The molecular weight excluding hydrogens is 431 g/mol. The van der Waals surface area contributed by atoms with Gasteiger partial charge < -0.3 is 18.0 Å². The second-order valence-corrected chi connectivity index (χ2v) is 3.51. The van der Waals surface area contributed by atoms with Crippen molar-refractivity contribution in [2.75, 3.05) is 0 Å². The van der Waals surface area contributed by atoms with E-state index < -0.39 is 0 Å². The van der Waals surface area contributed by atoms with Crippen LogP contribution in [0, 0.1) is 12.8 Å². The minimum absolute atomic E-state index is 0. The molecule has 2 atom stereocenters. The van der Waals surface area contributed by atoms with E-state index in [4.69, 9.17) is 5.73 Å². The molecule has 0 aromatic heterocycles. The second-order valence-electron chi connectivity index (χ2n) is 3.51. The molecule has 1 aliphatic rings. The molecule has 0 saturated heterocycles. The summed E-state index contributed by atoms with van der Waals surface area (Å²) in [6.45, 7) is 5.35. The maximum atomic E-state index is 10.7. The summed E-state index contributed by atoms with van der Waals surface area (Å²) in [6.07, 6.45) is 4.67. The first-order valence-electron chi connectivity index (χ1n) is 4.57. The molecule has 2 unspecified atom stereocenters. The van der Waals surface area contributed by atoms with Crippen molar-refractivity contribution >= 4 is 5.78 Å². The van der Waals surface area contributed by atoms with Crippen molar-refractivity contribution in [3.8, 4) is 0 Å². The van der Waals surface area contributed by atoms with Crippen LogP contribution in [0.4, 0.5) is 0 Å². The quantitative estimate of drug-likeness (QED) is 0.487. The Morgan fingerprint density at radius 2 is 2.00 bits per heavy atom. The van der Waals surface area contributed by atoms with E-state index in [1.807, 2.05) is 0 Å². The summed E-state index contributed by atoms with van der Waals surface area (Å²) in [7, 11) is 0. The summed E-state index contributed by atoms with van der Waals surface area (Å²) >= 11 is 0. The van der Waals surface area contributed by atoms with E-state index in [0.717, 1.165) is 19.3 Å². The first-order chi connectivity index (χ1) is 6.11. The summed E-state index contributed by atoms with van der Waals surface area (Å²) in [5.74, 6) is 0.123. The Hall–Kier alpha value is 2.32. The average molecular weight is 446 g/mol. The van der Waals surface area contributed by atoms with Gasteiger partial charge in [0.1, 0.15) is 5.78 Å². The van der Waals surface area contributed by atoms with Crippen LogP contribution in [0.15, 0.2) is 11.9 Å². The van der Waals surface area contributed by atoms with Crippen LogP contribution in [-0.2, 0) is 103 Å². The number of hydrogen-bond acceptors (Lipinski definition) is 1. The number of rotatable bonds is 3. The smallest absolute Gasteiger partial charge is 0.697 e. The topological polar surface area (TPSA) is 55.0 Å². The van der Waals surface area contributed by atoms with E-state index in [2.05, 4.69) is 12.2 Å². The number of ketones is 1. The van der Waals surface area contributed by atoms with Gasteiger partial charge in [0.2, 0.25) is 0 Å². The predicted octanol–water partition coefficient (Wildman–Crippen LogP) is 2.84. The van der Waals surface area contributed by atoms with Gasteiger partial charge in [-0.05, 0) is 6.92 Å². The fraction of sp³-hybridized carbons (Fsp3) is 0.600. The SMILES string of the molecule is [CH2-]C1CCCC1[N-]C=C([NH-])C(C)=O.[Y+3].[Y].[Y]. The zero-order valence-corrected chi connectivity index (χ0v) is 18.2. The van der Waals surface area contributed by atoms with Gasteiger partial charge in [-0.2, -0.15) is 12.1 Å². The maximum Gasteiger partial charge on any atom is 3.00 e. The Morgan fingerprint density at radius 3 is 2.38 bits per heavy atom. The number of hydrogen-bond donors (Lipinski definition) is 0. The minimum Gasteiger partial charge on any atom is -0.697 e. The van der Waals surface area contributed by atoms with Crippen molar-refractivity contribution in [2.45, 2.75) is 32.2 Å². The van der Waals surface area contributed by atoms with Crippen molar-refractivity contribution in [3.63, 3.8) is 0 Å². The summed E-state index contributed by atoms with van der Waals surface area (Å²) in [6, 6.07) is 0.222. The summed E-state index contributed by atoms with van der Waals surface area (Å²) in [5.41, 5.74) is 7.24. The maximum absolute atomic E-state index is 10.7. The normalized spacial score (nSPS) is 23.5. The molecule has 16 heavy (non-hydrogen) atoms. The molecule has 0 bridgehead atoms. The molecule has 0 aromatic rings. The molecule has 6 heteroatoms. The molecule has 0 aliphatic heterocycles. The van der Waals surface area contributed by atoms with Gasteiger partial charge in [-0.25, -0.2) is 0 Å². The van der Waals surface area contributed by atoms with Gasteiger partial charge in [0.25, 0.3) is 0 Å². The molecule has 1 rings (SSSR count). The van der Waals surface area contributed by atoms with Crippen LogP contribution in [0.5, 0.6) is 0 Å². The van der Waals surface area contributed by atoms with E-state index in [1.54, 1.807) is 0 Å². The standard InChI is InChI=1S/C10H16N2O.3Y/c1-7-4-3-5-10(7)12-6-9(11)8(2)13;;;/h6-7,10-11H,1,3-5H2,2H3,(H,12,13);;;/q-2;;;+3/p-1. The third-order valence-electron chi connectivity index (χ3n) is 2.39. The number of nitrogens with one attached hydrogen (secondary N) is 1. The third-order valence-corrected chi connectivity index (χ3v) is 2.39. The molecule has 1 fully saturated rings. The monoisotopic (exact) mass is 446 g/mol. The Bertz CT molecular complexity index is 234. The van der Waals surface area contributed by atoms with E-state index in [0.29, 0.717) is 5.92 Å². The zero-order chi connectivity index (χ0) is 9.84. The fourth-order valence-corrected chi connectivity index (χ4v) is 1.47. The minimum atomic E-state index is -0.234. The van der Waals surface area contributed by atoms with Crippen LogP contribution in [-0.4, -0.2) is 11.8 Å². The van der Waals surface area contributed by atoms with Crippen molar-refractivity contribution < 1.29 is 103 Å². The van der Waals surface area contributed by atoms with Gasteiger partial charge in [0, 0.05) is 65.4 Å². The average Bonchev–Trinajstić information content (AvgIpc) is 2.47. The van der Waals surface area contributed by atoms with Gasteiger partial charge in [-0.1, -0.05) is 19.3 Å². The molecule has 80 valence electrons. The Balaban J connectivity index is -0.000000563. The molecule has 0 aromatic carbocycles. The third kappa shape index (κ3) is 8.43. The second kappa shape index (κ2) is 12.4. The van der Waals surface area contributed by atoms with E-state index in [-0.39, 0.29) is 116 Å². The molecule has 1 saturated carbocycles. The molecule has 1 N–H and O–H groups in total. The number of allylic oxidation sites excluding steroid dienone is 1. The zero-order valence-electron chi connectivity index (χ0n) is 9.65. The van der Waals surface area contributed by atoms with Crippen LogP contribution in [0.3, 0.4) is 0 Å². The van der Waals surface area contributed by atoms with E-state index >= 15 is 0 Å². The first kappa shape index (κ1) is 23.4. The molecule has 1 aliphatic carbocycles. The van der Waals surface area contributed by atoms with E-state index in [9.17, 15) is 4.79 Å². The number of Topliss-reactive ketones (excluding diaryl/α,β-unsaturated/α-hetero) is 1. The summed E-state index contributed by atoms with van der Waals surface area (Å²) in [4.78, 5) is 10.7. The summed E-state index contributed by atoms with van der Waals surface area (Å²) in [5, 5.41) is 4.19. The van der Waals surface area contributed by atoms with Crippen molar-refractivity contribution in [1.82, 2.24) is 0 Å². The van der Waals surface area contributed by atoms with Gasteiger partial charge in [0.15, 0.2) is 0 Å². The van der Waals surface area contributed by atoms with E-state index in [1.165, 1.54) is 13.1 Å². The number of carbonyl (C=O) groups excluding carboxylic acids is 1. The van der Waals surface area contributed by atoms with Crippen molar-refractivity contribution in [1.29, 1.82) is 0 Å². The largest absolute Gasteiger partial charge is 3.00 e. The van der Waals surface area contributed by atoms with Crippen LogP contribution in [0.1, 0.15) is 26.2 Å². The summed E-state index contributed by atoms with van der Waals surface area (Å²) < 4.78 is 0.